The average molecular weight is 485 g/mol. The van der Waals surface area contributed by atoms with Gasteiger partial charge in [-0.3, -0.25) is 9.69 Å². The number of nitrogens with one attached hydrogen (secondary N) is 2. The van der Waals surface area contributed by atoms with Gasteiger partial charge in [0, 0.05) is 12.1 Å². The van der Waals surface area contributed by atoms with Crippen molar-refractivity contribution in [2.45, 2.75) is 43.5 Å². The van der Waals surface area contributed by atoms with Gasteiger partial charge in [-0.1, -0.05) is 49.6 Å². The van der Waals surface area contributed by atoms with Gasteiger partial charge in [0.2, 0.25) is 0 Å². The summed E-state index contributed by atoms with van der Waals surface area (Å²) >= 11 is 0. The number of fused-ring (bicyclic) bond motifs is 2. The molecular weight excluding hydrogens is 456 g/mol. The number of urea groups is 2. The molecule has 2 aliphatic carbocycles. The second-order valence-corrected chi connectivity index (χ2v) is 10.5. The van der Waals surface area contributed by atoms with Crippen molar-refractivity contribution in [3.05, 3.63) is 65.2 Å². The molecule has 34 heavy (non-hydrogen) atoms. The lowest BCUT2D eigenvalue weighted by Gasteiger charge is -2.14. The molecule has 0 radical (unpaired) electrons. The molecule has 2 aromatic rings. The van der Waals surface area contributed by atoms with Crippen LogP contribution in [0.25, 0.3) is 0 Å². The predicted molar refractivity (Wildman–Crippen MR) is 125 cm³/mol. The highest BCUT2D eigenvalue weighted by Gasteiger charge is 2.40. The lowest BCUT2D eigenvalue weighted by molar-refractivity contribution is 0.0821. The maximum absolute atomic E-state index is 12.3. The average Bonchev–Trinajstić information content (AvgIpc) is 3.24. The predicted octanol–water partition coefficient (Wildman–Crippen LogP) is 2.76. The van der Waals surface area contributed by atoms with Crippen molar-refractivity contribution in [1.29, 1.82) is 0 Å². The molecule has 9 nitrogen and oxygen atoms in total. The fourth-order valence-corrected chi connectivity index (χ4v) is 5.39. The molecule has 0 saturated heterocycles. The minimum Gasteiger partial charge on any atom is -0.351 e. The first-order valence-corrected chi connectivity index (χ1v) is 12.8. The van der Waals surface area contributed by atoms with Crippen LogP contribution in [-0.2, 0) is 23.0 Å². The zero-order valence-electron chi connectivity index (χ0n) is 18.7. The molecule has 2 atom stereocenters. The van der Waals surface area contributed by atoms with Crippen molar-refractivity contribution in [3.63, 3.8) is 0 Å². The van der Waals surface area contributed by atoms with E-state index in [0.717, 1.165) is 16.0 Å². The van der Waals surface area contributed by atoms with Crippen molar-refractivity contribution >= 4 is 28.0 Å². The van der Waals surface area contributed by atoms with Gasteiger partial charge in [-0.15, -0.1) is 0 Å². The number of benzene rings is 2. The Morgan fingerprint density at radius 2 is 1.71 bits per heavy atom. The standard InChI is InChI=1S/C18H18N4O5S.C6H10/c19-17(24)21-28(26,27)14-7-5-12(6-8-14)9-10-20-18(25)22-11-13-3-1-2-4-15(13)16(22)23;1-2-5-4-6(5)3-1/h1-8H,9-11H2,(H,20,25)(H3,19,21,24);5-6H,1-4H2. The molecule has 1 aliphatic heterocycles. The fourth-order valence-electron chi connectivity index (χ4n) is 4.51. The molecule has 180 valence electrons. The molecule has 0 bridgehead atoms. The monoisotopic (exact) mass is 484 g/mol. The van der Waals surface area contributed by atoms with Crippen LogP contribution in [0, 0.1) is 11.8 Å². The van der Waals surface area contributed by atoms with E-state index in [1.165, 1.54) is 30.4 Å². The van der Waals surface area contributed by atoms with Crippen molar-refractivity contribution in [3.8, 4) is 0 Å². The van der Waals surface area contributed by atoms with E-state index in [1.54, 1.807) is 48.3 Å². The van der Waals surface area contributed by atoms with Crippen LogP contribution in [0.1, 0.15) is 47.2 Å². The molecule has 1 heterocycles. The SMILES string of the molecule is C1CC2CC2C1.NC(=O)NS(=O)(=O)c1ccc(CCNC(=O)N2Cc3ccccc3C2=O)cc1. The van der Waals surface area contributed by atoms with E-state index in [0.29, 0.717) is 12.0 Å². The number of nitrogens with zero attached hydrogens (tertiary/aromatic N) is 1. The quantitative estimate of drug-likeness (QED) is 0.599. The van der Waals surface area contributed by atoms with Crippen molar-refractivity contribution in [2.24, 2.45) is 17.6 Å². The number of carbonyl (C=O) groups excluding carboxylic acids is 3. The van der Waals surface area contributed by atoms with Crippen molar-refractivity contribution in [1.82, 2.24) is 14.9 Å². The van der Waals surface area contributed by atoms with Crippen molar-refractivity contribution in [2.75, 3.05) is 6.54 Å². The highest BCUT2D eigenvalue weighted by molar-refractivity contribution is 7.90. The second kappa shape index (κ2) is 9.84. The summed E-state index contributed by atoms with van der Waals surface area (Å²) in [6.07, 6.45) is 6.68. The Kier molecular flexibility index (Phi) is 6.87. The number of sulfonamides is 1. The maximum Gasteiger partial charge on any atom is 0.326 e. The summed E-state index contributed by atoms with van der Waals surface area (Å²) in [5.74, 6) is 2.10. The van der Waals surface area contributed by atoms with Gasteiger partial charge in [-0.2, -0.15) is 0 Å². The summed E-state index contributed by atoms with van der Waals surface area (Å²) in [6, 6.07) is 11.2. The van der Waals surface area contributed by atoms with E-state index in [1.807, 2.05) is 12.1 Å². The Hall–Kier alpha value is -3.40. The van der Waals surface area contributed by atoms with Crippen LogP contribution < -0.4 is 15.8 Å². The summed E-state index contributed by atoms with van der Waals surface area (Å²) < 4.78 is 25.3. The fraction of sp³-hybridized carbons (Fsp3) is 0.375. The van der Waals surface area contributed by atoms with Gasteiger partial charge in [0.15, 0.2) is 0 Å². The van der Waals surface area contributed by atoms with Crippen LogP contribution in [-0.4, -0.2) is 37.8 Å². The molecule has 10 heteroatoms. The highest BCUT2D eigenvalue weighted by atomic mass is 32.2. The number of carbonyl (C=O) groups is 3. The summed E-state index contributed by atoms with van der Waals surface area (Å²) in [7, 11) is -3.99. The molecule has 2 saturated carbocycles. The third-order valence-corrected chi connectivity index (χ3v) is 7.81. The molecule has 2 aromatic carbocycles. The zero-order chi connectivity index (χ0) is 24.3. The summed E-state index contributed by atoms with van der Waals surface area (Å²) in [4.78, 5) is 36.3. The van der Waals surface area contributed by atoms with Gasteiger partial charge in [0.05, 0.1) is 11.4 Å². The first kappa shape index (κ1) is 23.7. The Balaban J connectivity index is 0.000000388. The Labute approximate surface area is 198 Å². The number of amides is 5. The molecule has 2 unspecified atom stereocenters. The van der Waals surface area contributed by atoms with Gasteiger partial charge in [-0.05, 0) is 54.0 Å². The van der Waals surface area contributed by atoms with Crippen LogP contribution in [0.4, 0.5) is 9.59 Å². The minimum atomic E-state index is -3.99. The van der Waals surface area contributed by atoms with Crippen LogP contribution in [0.5, 0.6) is 0 Å². The van der Waals surface area contributed by atoms with E-state index in [9.17, 15) is 22.8 Å². The van der Waals surface area contributed by atoms with Gasteiger partial charge in [-0.25, -0.2) is 22.7 Å². The minimum absolute atomic E-state index is 0.0977. The van der Waals surface area contributed by atoms with Gasteiger partial charge in [0.25, 0.3) is 15.9 Å². The molecule has 3 aliphatic rings. The van der Waals surface area contributed by atoms with Gasteiger partial charge in [0.1, 0.15) is 0 Å². The van der Waals surface area contributed by atoms with Gasteiger partial charge < -0.3 is 11.1 Å². The first-order chi connectivity index (χ1) is 16.2. The Morgan fingerprint density at radius 1 is 1.03 bits per heavy atom. The van der Waals surface area contributed by atoms with Crippen LogP contribution in [0.15, 0.2) is 53.4 Å². The molecule has 2 fully saturated rings. The van der Waals surface area contributed by atoms with E-state index in [4.69, 9.17) is 5.73 Å². The maximum atomic E-state index is 12.3. The first-order valence-electron chi connectivity index (χ1n) is 11.3. The summed E-state index contributed by atoms with van der Waals surface area (Å²) in [6.45, 7) is 0.505. The number of nitrogens with two attached hydrogens (primary N) is 1. The zero-order valence-corrected chi connectivity index (χ0v) is 19.5. The number of rotatable bonds is 5. The third kappa shape index (κ3) is 5.56. The van der Waals surface area contributed by atoms with Crippen LogP contribution in [0.3, 0.4) is 0 Å². The van der Waals surface area contributed by atoms with E-state index in [-0.39, 0.29) is 23.9 Å². The molecule has 0 aromatic heterocycles. The number of hydrogen-bond acceptors (Lipinski definition) is 5. The molecule has 5 amide bonds. The Bertz CT molecular complexity index is 1190. The normalized spacial score (nSPS) is 20.0. The second-order valence-electron chi connectivity index (χ2n) is 8.83. The number of imide groups is 1. The largest absolute Gasteiger partial charge is 0.351 e. The summed E-state index contributed by atoms with van der Waals surface area (Å²) in [5.41, 5.74) is 6.94. The van der Waals surface area contributed by atoms with Crippen molar-refractivity contribution < 1.29 is 22.8 Å². The highest BCUT2D eigenvalue weighted by Crippen LogP contribution is 2.51. The van der Waals surface area contributed by atoms with E-state index in [2.05, 4.69) is 5.32 Å². The van der Waals surface area contributed by atoms with Crippen LogP contribution >= 0.6 is 0 Å². The third-order valence-electron chi connectivity index (χ3n) is 6.44. The topological polar surface area (TPSA) is 139 Å². The molecule has 4 N–H and O–H groups in total. The number of hydrogen-bond donors (Lipinski definition) is 3. The smallest absolute Gasteiger partial charge is 0.326 e. The van der Waals surface area contributed by atoms with E-state index >= 15 is 0 Å². The molecular formula is C24H28N4O5S. The number of primary amides is 1. The van der Waals surface area contributed by atoms with Gasteiger partial charge >= 0.3 is 12.1 Å². The lowest BCUT2D eigenvalue weighted by atomic mass is 10.1. The molecule has 0 spiro atoms. The van der Waals surface area contributed by atoms with E-state index < -0.39 is 22.1 Å². The lowest BCUT2D eigenvalue weighted by Crippen LogP contribution is -2.40. The van der Waals surface area contributed by atoms with Crippen LogP contribution in [0.2, 0.25) is 0 Å². The molecule has 5 rings (SSSR count). The Morgan fingerprint density at radius 3 is 2.26 bits per heavy atom. The summed E-state index contributed by atoms with van der Waals surface area (Å²) in [5, 5.41) is 2.68.